The number of hydrogen-bond donors (Lipinski definition) is 2. The van der Waals surface area contributed by atoms with Crippen molar-refractivity contribution < 1.29 is 33.0 Å². The van der Waals surface area contributed by atoms with E-state index in [1.807, 2.05) is 24.3 Å². The molecule has 0 fully saturated rings. The van der Waals surface area contributed by atoms with Crippen LogP contribution < -0.4 is 5.32 Å². The van der Waals surface area contributed by atoms with Crippen LogP contribution in [-0.4, -0.2) is 36.3 Å². The molecule has 0 saturated carbocycles. The van der Waals surface area contributed by atoms with Gasteiger partial charge >= 0.3 is 19.7 Å². The Labute approximate surface area is 169 Å². The van der Waals surface area contributed by atoms with Gasteiger partial charge in [0.15, 0.2) is 0 Å². The zero-order valence-electron chi connectivity index (χ0n) is 16.0. The Morgan fingerprint density at radius 3 is 2.00 bits per heavy atom. The van der Waals surface area contributed by atoms with Crippen LogP contribution in [-0.2, 0) is 36.6 Å². The second-order valence-corrected chi connectivity index (χ2v) is 8.27. The third-order valence-corrected chi connectivity index (χ3v) is 5.39. The smallest absolute Gasteiger partial charge is 0.408 e. The van der Waals surface area contributed by atoms with Crippen molar-refractivity contribution in [2.24, 2.45) is 0 Å². The maximum atomic E-state index is 12.4. The molecule has 9 heteroatoms. The fraction of sp³-hybridized carbons (Fsp3) is 0.300. The van der Waals surface area contributed by atoms with E-state index in [1.54, 1.807) is 36.4 Å². The van der Waals surface area contributed by atoms with Gasteiger partial charge < -0.3 is 24.2 Å². The topological polar surface area (TPSA) is 111 Å². The predicted molar refractivity (Wildman–Crippen MR) is 106 cm³/mol. The van der Waals surface area contributed by atoms with E-state index in [-0.39, 0.29) is 25.8 Å². The maximum absolute atomic E-state index is 12.4. The van der Waals surface area contributed by atoms with E-state index < -0.39 is 25.7 Å². The summed E-state index contributed by atoms with van der Waals surface area (Å²) in [5.41, 5.74) is 1.56. The zero-order chi connectivity index (χ0) is 21.1. The quantitative estimate of drug-likeness (QED) is 0.447. The van der Waals surface area contributed by atoms with Crippen LogP contribution in [0.5, 0.6) is 0 Å². The Balaban J connectivity index is 1.94. The van der Waals surface area contributed by atoms with Gasteiger partial charge in [-0.25, -0.2) is 9.59 Å². The molecule has 29 heavy (non-hydrogen) atoms. The van der Waals surface area contributed by atoms with Gasteiger partial charge in [-0.1, -0.05) is 60.7 Å². The predicted octanol–water partition coefficient (Wildman–Crippen LogP) is 3.25. The molecule has 2 N–H and O–H groups in total. The number of hydrogen-bond acceptors (Lipinski definition) is 6. The van der Waals surface area contributed by atoms with Gasteiger partial charge in [0.2, 0.25) is 0 Å². The molecular weight excluding hydrogens is 397 g/mol. The molecule has 0 aliphatic heterocycles. The van der Waals surface area contributed by atoms with Crippen LogP contribution in [0.4, 0.5) is 4.79 Å². The Kier molecular flexibility index (Phi) is 8.86. The largest absolute Gasteiger partial charge is 0.459 e. The monoisotopic (exact) mass is 421 g/mol. The minimum Gasteiger partial charge on any atom is -0.459 e. The highest BCUT2D eigenvalue weighted by molar-refractivity contribution is 7.52. The molecule has 2 aromatic rings. The van der Waals surface area contributed by atoms with Gasteiger partial charge in [0.25, 0.3) is 0 Å². The molecule has 1 unspecified atom stereocenters. The second-order valence-electron chi connectivity index (χ2n) is 6.18. The number of carbonyl (C=O) groups excluding carboxylic acids is 2. The number of ether oxygens (including phenoxy) is 2. The Morgan fingerprint density at radius 1 is 0.966 bits per heavy atom. The van der Waals surface area contributed by atoms with Gasteiger partial charge in [0, 0.05) is 7.11 Å². The van der Waals surface area contributed by atoms with Crippen molar-refractivity contribution in [2.75, 3.05) is 13.3 Å². The Morgan fingerprint density at radius 2 is 1.48 bits per heavy atom. The normalized spacial score (nSPS) is 13.7. The molecule has 2 aromatic carbocycles. The molecule has 0 heterocycles. The first-order chi connectivity index (χ1) is 13.9. The fourth-order valence-electron chi connectivity index (χ4n) is 2.37. The summed E-state index contributed by atoms with van der Waals surface area (Å²) in [5.74, 6) is -0.735. The number of nitrogens with one attached hydrogen (secondary N) is 1. The standard InChI is InChI=1S/C20H24NO7P/c1-26-29(24,25)13-12-18(19(22)27-14-16-8-4-2-5-9-16)21-20(23)28-15-17-10-6-3-7-11-17/h2-11,18H,12-15H2,1H3,(H,21,23)(H,24,25)/t18-/m0/s1. The minimum absolute atomic E-state index is 0.0119. The molecule has 8 nitrogen and oxygen atoms in total. The van der Waals surface area contributed by atoms with Gasteiger partial charge in [-0.15, -0.1) is 0 Å². The lowest BCUT2D eigenvalue weighted by Crippen LogP contribution is -2.42. The van der Waals surface area contributed by atoms with E-state index >= 15 is 0 Å². The first-order valence-corrected chi connectivity index (χ1v) is 10.7. The molecule has 0 saturated heterocycles. The molecule has 2 atom stereocenters. The van der Waals surface area contributed by atoms with Gasteiger partial charge in [-0.2, -0.15) is 0 Å². The first-order valence-electron chi connectivity index (χ1n) is 8.95. The average molecular weight is 421 g/mol. The lowest BCUT2D eigenvalue weighted by Gasteiger charge is -2.18. The van der Waals surface area contributed by atoms with Crippen LogP contribution in [0.25, 0.3) is 0 Å². The van der Waals surface area contributed by atoms with Gasteiger partial charge in [0.1, 0.15) is 19.3 Å². The van der Waals surface area contributed by atoms with Crippen LogP contribution in [0.3, 0.4) is 0 Å². The third-order valence-electron chi connectivity index (χ3n) is 4.00. The second kappa shape index (κ2) is 11.4. The summed E-state index contributed by atoms with van der Waals surface area (Å²) in [7, 11) is -2.75. The van der Waals surface area contributed by atoms with Crippen molar-refractivity contribution in [2.45, 2.75) is 25.7 Å². The van der Waals surface area contributed by atoms with Crippen LogP contribution in [0.2, 0.25) is 0 Å². The van der Waals surface area contributed by atoms with E-state index in [0.717, 1.165) is 18.2 Å². The van der Waals surface area contributed by atoms with Crippen molar-refractivity contribution in [3.05, 3.63) is 71.8 Å². The lowest BCUT2D eigenvalue weighted by molar-refractivity contribution is -0.147. The molecule has 0 radical (unpaired) electrons. The van der Waals surface area contributed by atoms with E-state index in [0.29, 0.717) is 0 Å². The Bertz CT molecular complexity index is 829. The number of amides is 1. The molecule has 156 valence electrons. The summed E-state index contributed by atoms with van der Waals surface area (Å²) >= 11 is 0. The molecule has 0 aliphatic rings. The highest BCUT2D eigenvalue weighted by Gasteiger charge is 2.27. The summed E-state index contributed by atoms with van der Waals surface area (Å²) in [5, 5.41) is 2.40. The van der Waals surface area contributed by atoms with Crippen molar-refractivity contribution >= 4 is 19.7 Å². The van der Waals surface area contributed by atoms with Gasteiger partial charge in [-0.3, -0.25) is 4.57 Å². The SMILES string of the molecule is COP(=O)(O)CC[C@H](NC(=O)OCc1ccccc1)C(=O)OCc1ccccc1. The van der Waals surface area contributed by atoms with Crippen LogP contribution in [0.1, 0.15) is 17.5 Å². The summed E-state index contributed by atoms with van der Waals surface area (Å²) in [6.45, 7) is 0.0347. The highest BCUT2D eigenvalue weighted by atomic mass is 31.2. The molecule has 1 amide bonds. The van der Waals surface area contributed by atoms with E-state index in [2.05, 4.69) is 9.84 Å². The molecule has 0 aliphatic carbocycles. The van der Waals surface area contributed by atoms with Crippen molar-refractivity contribution in [1.29, 1.82) is 0 Å². The fourth-order valence-corrected chi connectivity index (χ4v) is 3.14. The zero-order valence-corrected chi connectivity index (χ0v) is 16.9. The van der Waals surface area contributed by atoms with Crippen molar-refractivity contribution in [3.8, 4) is 0 Å². The van der Waals surface area contributed by atoms with E-state index in [1.165, 1.54) is 0 Å². The summed E-state index contributed by atoms with van der Waals surface area (Å²) in [6.07, 6.45) is -1.30. The minimum atomic E-state index is -3.85. The number of alkyl carbamates (subject to hydrolysis) is 1. The van der Waals surface area contributed by atoms with Gasteiger partial charge in [-0.05, 0) is 17.5 Å². The molecule has 0 bridgehead atoms. The van der Waals surface area contributed by atoms with Crippen molar-refractivity contribution in [1.82, 2.24) is 5.32 Å². The van der Waals surface area contributed by atoms with E-state index in [9.17, 15) is 19.0 Å². The first kappa shape index (κ1) is 22.6. The molecule has 0 aromatic heterocycles. The van der Waals surface area contributed by atoms with Crippen molar-refractivity contribution in [3.63, 3.8) is 0 Å². The summed E-state index contributed by atoms with van der Waals surface area (Å²) < 4.78 is 26.6. The van der Waals surface area contributed by atoms with Crippen LogP contribution >= 0.6 is 7.60 Å². The lowest BCUT2D eigenvalue weighted by atomic mass is 10.2. The summed E-state index contributed by atoms with van der Waals surface area (Å²) in [4.78, 5) is 34.1. The third kappa shape index (κ3) is 8.48. The number of benzene rings is 2. The highest BCUT2D eigenvalue weighted by Crippen LogP contribution is 2.41. The van der Waals surface area contributed by atoms with Crippen LogP contribution in [0, 0.1) is 0 Å². The number of carbonyl (C=O) groups is 2. The van der Waals surface area contributed by atoms with E-state index in [4.69, 9.17) is 9.47 Å². The Hall–Kier alpha value is -2.67. The number of rotatable bonds is 10. The molecule has 0 spiro atoms. The maximum Gasteiger partial charge on any atom is 0.408 e. The molecule has 2 rings (SSSR count). The molecular formula is C20H24NO7P. The van der Waals surface area contributed by atoms with Crippen LogP contribution in [0.15, 0.2) is 60.7 Å². The summed E-state index contributed by atoms with van der Waals surface area (Å²) in [6, 6.07) is 16.9. The number of esters is 1. The van der Waals surface area contributed by atoms with Gasteiger partial charge in [0.05, 0.1) is 6.16 Å². The average Bonchev–Trinajstić information content (AvgIpc) is 2.75.